The SMILES string of the molecule is Cc1ncn(OC=O)c1C. The van der Waals surface area contributed by atoms with Gasteiger partial charge in [-0.25, -0.2) is 4.98 Å². The van der Waals surface area contributed by atoms with Crippen molar-refractivity contribution in [2.45, 2.75) is 13.8 Å². The first kappa shape index (κ1) is 6.80. The molecule has 1 rings (SSSR count). The summed E-state index contributed by atoms with van der Waals surface area (Å²) < 4.78 is 1.32. The first-order chi connectivity index (χ1) is 4.75. The lowest BCUT2D eigenvalue weighted by atomic mass is 10.4. The lowest BCUT2D eigenvalue weighted by Crippen LogP contribution is -2.09. The molecule has 0 aliphatic heterocycles. The lowest BCUT2D eigenvalue weighted by Gasteiger charge is -1.97. The number of rotatable bonds is 2. The van der Waals surface area contributed by atoms with Gasteiger partial charge >= 0.3 is 6.47 Å². The molecule has 4 nitrogen and oxygen atoms in total. The molecule has 4 heteroatoms. The summed E-state index contributed by atoms with van der Waals surface area (Å²) in [5.41, 5.74) is 1.70. The number of nitrogens with zero attached hydrogens (tertiary/aromatic N) is 2. The monoisotopic (exact) mass is 140 g/mol. The highest BCUT2D eigenvalue weighted by molar-refractivity contribution is 5.37. The molecule has 10 heavy (non-hydrogen) atoms. The highest BCUT2D eigenvalue weighted by Gasteiger charge is 2.00. The van der Waals surface area contributed by atoms with Crippen molar-refractivity contribution in [2.75, 3.05) is 0 Å². The predicted octanol–water partition coefficient (Wildman–Crippen LogP) is 0.0849. The number of hydrogen-bond acceptors (Lipinski definition) is 3. The largest absolute Gasteiger partial charge is 0.339 e. The van der Waals surface area contributed by atoms with Crippen molar-refractivity contribution in [3.8, 4) is 0 Å². The second kappa shape index (κ2) is 2.51. The van der Waals surface area contributed by atoms with Crippen LogP contribution in [-0.2, 0) is 4.79 Å². The van der Waals surface area contributed by atoms with E-state index in [1.165, 1.54) is 11.1 Å². The molecule has 0 saturated carbocycles. The molecule has 0 saturated heterocycles. The lowest BCUT2D eigenvalue weighted by molar-refractivity contribution is -0.129. The zero-order valence-corrected chi connectivity index (χ0v) is 5.87. The first-order valence-electron chi connectivity index (χ1n) is 2.87. The Morgan fingerprint density at radius 3 is 2.80 bits per heavy atom. The fourth-order valence-corrected chi connectivity index (χ4v) is 0.631. The van der Waals surface area contributed by atoms with E-state index in [4.69, 9.17) is 0 Å². The van der Waals surface area contributed by atoms with Crippen molar-refractivity contribution in [1.82, 2.24) is 9.71 Å². The molecule has 0 aromatic carbocycles. The van der Waals surface area contributed by atoms with Crippen molar-refractivity contribution >= 4 is 6.47 Å². The topological polar surface area (TPSA) is 44.1 Å². The highest BCUT2D eigenvalue weighted by atomic mass is 16.7. The van der Waals surface area contributed by atoms with E-state index in [9.17, 15) is 4.79 Å². The summed E-state index contributed by atoms with van der Waals surface area (Å²) in [5, 5.41) is 0. The molecule has 0 radical (unpaired) electrons. The van der Waals surface area contributed by atoms with Crippen LogP contribution < -0.4 is 4.84 Å². The molecule has 1 heterocycles. The molecular weight excluding hydrogens is 132 g/mol. The van der Waals surface area contributed by atoms with Gasteiger partial charge in [-0.05, 0) is 13.8 Å². The minimum Gasteiger partial charge on any atom is -0.339 e. The molecule has 1 aromatic heterocycles. The summed E-state index contributed by atoms with van der Waals surface area (Å²) in [6.45, 7) is 4.04. The molecule has 0 spiro atoms. The van der Waals surface area contributed by atoms with Gasteiger partial charge in [0.15, 0.2) is 0 Å². The number of carbonyl (C=O) groups excluding carboxylic acids is 1. The third-order valence-electron chi connectivity index (χ3n) is 1.37. The molecular formula is C6H8N2O2. The molecule has 1 aromatic rings. The van der Waals surface area contributed by atoms with Crippen LogP contribution in [0.4, 0.5) is 0 Å². The molecule has 0 fully saturated rings. The molecule has 0 bridgehead atoms. The van der Waals surface area contributed by atoms with Crippen LogP contribution in [-0.4, -0.2) is 16.2 Å². The maximum absolute atomic E-state index is 9.86. The van der Waals surface area contributed by atoms with E-state index in [1.54, 1.807) is 0 Å². The predicted molar refractivity (Wildman–Crippen MR) is 34.3 cm³/mol. The van der Waals surface area contributed by atoms with Crippen LogP contribution in [0.3, 0.4) is 0 Å². The second-order valence-corrected chi connectivity index (χ2v) is 1.94. The van der Waals surface area contributed by atoms with Crippen LogP contribution in [0.25, 0.3) is 0 Å². The summed E-state index contributed by atoms with van der Waals surface area (Å²) in [6.07, 6.45) is 1.46. The summed E-state index contributed by atoms with van der Waals surface area (Å²) in [7, 11) is 0. The molecule has 0 aliphatic carbocycles. The third-order valence-corrected chi connectivity index (χ3v) is 1.37. The average Bonchev–Trinajstić information content (AvgIpc) is 2.20. The summed E-state index contributed by atoms with van der Waals surface area (Å²) in [4.78, 5) is 18.3. The van der Waals surface area contributed by atoms with Gasteiger partial charge in [-0.3, -0.25) is 4.79 Å². The van der Waals surface area contributed by atoms with Crippen LogP contribution in [0.2, 0.25) is 0 Å². The number of carbonyl (C=O) groups is 1. The van der Waals surface area contributed by atoms with Crippen LogP contribution in [0, 0.1) is 13.8 Å². The van der Waals surface area contributed by atoms with E-state index in [0.29, 0.717) is 6.47 Å². The van der Waals surface area contributed by atoms with Crippen LogP contribution >= 0.6 is 0 Å². The van der Waals surface area contributed by atoms with Gasteiger partial charge in [-0.1, -0.05) is 0 Å². The standard InChI is InChI=1S/C6H8N2O2/c1-5-6(2)8(3-7-5)10-4-9/h3-4H,1-2H3. The Labute approximate surface area is 58.4 Å². The van der Waals surface area contributed by atoms with E-state index < -0.39 is 0 Å². The molecule has 0 atom stereocenters. The highest BCUT2D eigenvalue weighted by Crippen LogP contribution is 2.00. The summed E-state index contributed by atoms with van der Waals surface area (Å²) in [5.74, 6) is 0. The number of imidazole rings is 1. The Kier molecular flexibility index (Phi) is 1.71. The van der Waals surface area contributed by atoms with E-state index in [1.807, 2.05) is 13.8 Å². The van der Waals surface area contributed by atoms with Crippen LogP contribution in [0.5, 0.6) is 0 Å². The second-order valence-electron chi connectivity index (χ2n) is 1.94. The van der Waals surface area contributed by atoms with Gasteiger partial charge in [0.1, 0.15) is 6.33 Å². The zero-order chi connectivity index (χ0) is 7.56. The maximum atomic E-state index is 9.86. The van der Waals surface area contributed by atoms with E-state index in [0.717, 1.165) is 11.4 Å². The van der Waals surface area contributed by atoms with Gasteiger partial charge in [0.2, 0.25) is 0 Å². The van der Waals surface area contributed by atoms with Crippen molar-refractivity contribution in [3.63, 3.8) is 0 Å². The zero-order valence-electron chi connectivity index (χ0n) is 5.87. The number of aromatic nitrogens is 2. The quantitative estimate of drug-likeness (QED) is 0.546. The van der Waals surface area contributed by atoms with Gasteiger partial charge < -0.3 is 4.84 Å². The third kappa shape index (κ3) is 1.00. The van der Waals surface area contributed by atoms with Gasteiger partial charge in [0.25, 0.3) is 0 Å². The molecule has 0 unspecified atom stereocenters. The smallest absolute Gasteiger partial charge is 0.321 e. The van der Waals surface area contributed by atoms with Gasteiger partial charge in [0.05, 0.1) is 11.4 Å². The average molecular weight is 140 g/mol. The van der Waals surface area contributed by atoms with E-state index >= 15 is 0 Å². The summed E-state index contributed by atoms with van der Waals surface area (Å²) >= 11 is 0. The Hall–Kier alpha value is -1.32. The Morgan fingerprint density at radius 2 is 2.40 bits per heavy atom. The molecule has 0 N–H and O–H groups in total. The maximum Gasteiger partial charge on any atom is 0.321 e. The Balaban J connectivity index is 2.93. The number of hydrogen-bond donors (Lipinski definition) is 0. The van der Waals surface area contributed by atoms with Crippen LogP contribution in [0.15, 0.2) is 6.33 Å². The summed E-state index contributed by atoms with van der Waals surface area (Å²) in [6, 6.07) is 0. The van der Waals surface area contributed by atoms with E-state index in [2.05, 4.69) is 9.82 Å². The van der Waals surface area contributed by atoms with E-state index in [-0.39, 0.29) is 0 Å². The normalized spacial score (nSPS) is 9.40. The van der Waals surface area contributed by atoms with Gasteiger partial charge in [0, 0.05) is 0 Å². The first-order valence-corrected chi connectivity index (χ1v) is 2.87. The van der Waals surface area contributed by atoms with Crippen molar-refractivity contribution in [3.05, 3.63) is 17.7 Å². The van der Waals surface area contributed by atoms with Crippen LogP contribution in [0.1, 0.15) is 11.4 Å². The minimum atomic E-state index is 0.369. The Bertz CT molecular complexity index is 242. The fourth-order valence-electron chi connectivity index (χ4n) is 0.631. The minimum absolute atomic E-state index is 0.369. The van der Waals surface area contributed by atoms with Gasteiger partial charge in [-0.2, -0.15) is 4.73 Å². The van der Waals surface area contributed by atoms with Crippen molar-refractivity contribution in [1.29, 1.82) is 0 Å². The fraction of sp³-hybridized carbons (Fsp3) is 0.333. The molecule has 0 aliphatic rings. The van der Waals surface area contributed by atoms with Crippen molar-refractivity contribution < 1.29 is 9.63 Å². The van der Waals surface area contributed by atoms with Crippen molar-refractivity contribution in [2.24, 2.45) is 0 Å². The molecule has 0 amide bonds. The van der Waals surface area contributed by atoms with Gasteiger partial charge in [-0.15, -0.1) is 0 Å². The molecule has 54 valence electrons. The Morgan fingerprint density at radius 1 is 1.70 bits per heavy atom. The number of aryl methyl sites for hydroxylation is 1.